The summed E-state index contributed by atoms with van der Waals surface area (Å²) in [6.07, 6.45) is 17.1. The third-order valence-corrected chi connectivity index (χ3v) is 5.65. The van der Waals surface area contributed by atoms with Crippen LogP contribution in [0.1, 0.15) is 90.4 Å². The summed E-state index contributed by atoms with van der Waals surface area (Å²) in [5, 5.41) is 0. The van der Waals surface area contributed by atoms with E-state index in [1.165, 1.54) is 45.6 Å². The average Bonchev–Trinajstić information content (AvgIpc) is 2.82. The van der Waals surface area contributed by atoms with E-state index in [0.29, 0.717) is 52.3 Å². The van der Waals surface area contributed by atoms with Gasteiger partial charge in [0.25, 0.3) is 0 Å². The number of carbonyl (C=O) groups is 2. The topological polar surface area (TPSA) is 74.3 Å². The predicted molar refractivity (Wildman–Crippen MR) is 137 cm³/mol. The number of carbonyl (C=O) groups excluding carboxylic acids is 2. The van der Waals surface area contributed by atoms with Gasteiger partial charge in [0.05, 0.1) is 26.4 Å². The summed E-state index contributed by atoms with van der Waals surface area (Å²) in [6.45, 7) is 4.98. The highest BCUT2D eigenvalue weighted by molar-refractivity contribution is 5.69. The Hall–Kier alpha value is -1.44. The van der Waals surface area contributed by atoms with E-state index in [4.69, 9.17) is 14.2 Å². The Bertz CT molecular complexity index is 509. The number of ether oxygens (including phenoxy) is 4. The van der Waals surface area contributed by atoms with Crippen LogP contribution in [0.3, 0.4) is 0 Å². The van der Waals surface area contributed by atoms with E-state index in [1.807, 2.05) is 20.2 Å². The van der Waals surface area contributed by atoms with Crippen LogP contribution in [-0.2, 0) is 28.5 Å². The number of esters is 2. The molecule has 0 aromatic heterocycles. The summed E-state index contributed by atoms with van der Waals surface area (Å²) in [5.41, 5.74) is 0. The minimum Gasteiger partial charge on any atom is -0.469 e. The lowest BCUT2D eigenvalue weighted by Gasteiger charge is -2.24. The number of rotatable bonds is 24. The first-order chi connectivity index (χ1) is 16.5. The molecular formula is C27H51NO6. The molecule has 0 rings (SSSR count). The van der Waals surface area contributed by atoms with Crippen molar-refractivity contribution in [2.75, 3.05) is 54.2 Å². The highest BCUT2D eigenvalue weighted by Gasteiger charge is 2.12. The standard InChI is InChI=1S/C27H51NO6/c1-5-6-7-8-9-10-11-12-16-22-34-27(30)18-14-13-15-20-32-23-25(28(2)3)24-33-21-17-19-26(29)31-4/h12,16,25H,5-11,13-15,17-24H2,1-4H3/b16-12-. The average molecular weight is 486 g/mol. The van der Waals surface area contributed by atoms with Gasteiger partial charge in [0.15, 0.2) is 0 Å². The molecule has 1 atom stereocenters. The lowest BCUT2D eigenvalue weighted by Crippen LogP contribution is -2.37. The largest absolute Gasteiger partial charge is 0.469 e. The minimum atomic E-state index is -0.208. The molecule has 0 N–H and O–H groups in total. The fourth-order valence-electron chi connectivity index (χ4n) is 3.30. The Labute approximate surface area is 208 Å². The zero-order chi connectivity index (χ0) is 25.3. The van der Waals surface area contributed by atoms with Crippen molar-refractivity contribution in [3.05, 3.63) is 12.2 Å². The number of unbranched alkanes of at least 4 members (excludes halogenated alkanes) is 8. The second-order valence-corrected chi connectivity index (χ2v) is 8.97. The van der Waals surface area contributed by atoms with Gasteiger partial charge in [0.2, 0.25) is 0 Å². The molecule has 7 heteroatoms. The monoisotopic (exact) mass is 485 g/mol. The van der Waals surface area contributed by atoms with Crippen LogP contribution < -0.4 is 0 Å². The van der Waals surface area contributed by atoms with Crippen LogP contribution in [0.25, 0.3) is 0 Å². The molecule has 0 bridgehead atoms. The minimum absolute atomic E-state index is 0.123. The first kappa shape index (κ1) is 32.6. The normalized spacial score (nSPS) is 12.4. The number of hydrogen-bond acceptors (Lipinski definition) is 7. The molecule has 0 aliphatic carbocycles. The molecule has 0 amide bonds. The van der Waals surface area contributed by atoms with Crippen molar-refractivity contribution in [3.8, 4) is 0 Å². The summed E-state index contributed by atoms with van der Waals surface area (Å²) in [4.78, 5) is 25.0. The Morgan fingerprint density at radius 2 is 1.38 bits per heavy atom. The Morgan fingerprint density at radius 1 is 0.765 bits per heavy atom. The van der Waals surface area contributed by atoms with Gasteiger partial charge in [-0.2, -0.15) is 0 Å². The SMILES string of the molecule is CCCCCCCC/C=C\COC(=O)CCCCCOCC(COCCCC(=O)OC)N(C)C. The molecule has 0 heterocycles. The first-order valence-electron chi connectivity index (χ1n) is 13.2. The lowest BCUT2D eigenvalue weighted by molar-refractivity contribution is -0.142. The fraction of sp³-hybridized carbons (Fsp3) is 0.852. The van der Waals surface area contributed by atoms with Crippen LogP contribution in [0.4, 0.5) is 0 Å². The Morgan fingerprint density at radius 3 is 2.06 bits per heavy atom. The van der Waals surface area contributed by atoms with E-state index in [-0.39, 0.29) is 18.0 Å². The number of methoxy groups -OCH3 is 1. The van der Waals surface area contributed by atoms with E-state index >= 15 is 0 Å². The summed E-state index contributed by atoms with van der Waals surface area (Å²) in [7, 11) is 5.40. The van der Waals surface area contributed by atoms with Crippen molar-refractivity contribution in [1.82, 2.24) is 4.90 Å². The second kappa shape index (κ2) is 24.7. The van der Waals surface area contributed by atoms with E-state index in [0.717, 1.165) is 25.7 Å². The van der Waals surface area contributed by atoms with Gasteiger partial charge in [-0.05, 0) is 46.2 Å². The molecule has 200 valence electrons. The number of likely N-dealkylation sites (N-methyl/N-ethyl adjacent to an activating group) is 1. The molecule has 0 aromatic rings. The van der Waals surface area contributed by atoms with Crippen molar-refractivity contribution in [1.29, 1.82) is 0 Å². The Kier molecular flexibility index (Phi) is 23.6. The molecule has 7 nitrogen and oxygen atoms in total. The first-order valence-corrected chi connectivity index (χ1v) is 13.2. The van der Waals surface area contributed by atoms with Gasteiger partial charge in [-0.25, -0.2) is 0 Å². The summed E-state index contributed by atoms with van der Waals surface area (Å²) >= 11 is 0. The third-order valence-electron chi connectivity index (χ3n) is 5.65. The van der Waals surface area contributed by atoms with E-state index in [1.54, 1.807) is 0 Å². The molecule has 0 aromatic carbocycles. The van der Waals surface area contributed by atoms with Crippen molar-refractivity contribution in [3.63, 3.8) is 0 Å². The van der Waals surface area contributed by atoms with Gasteiger partial charge in [0, 0.05) is 26.1 Å². The van der Waals surface area contributed by atoms with Crippen molar-refractivity contribution in [2.45, 2.75) is 96.4 Å². The molecule has 0 saturated carbocycles. The summed E-state index contributed by atoms with van der Waals surface area (Å²) in [5.74, 6) is -0.331. The van der Waals surface area contributed by atoms with Gasteiger partial charge in [-0.3, -0.25) is 9.59 Å². The van der Waals surface area contributed by atoms with E-state index < -0.39 is 0 Å². The summed E-state index contributed by atoms with van der Waals surface area (Å²) < 4.78 is 21.3. The molecule has 0 aliphatic heterocycles. The molecule has 0 fully saturated rings. The maximum atomic E-state index is 11.8. The van der Waals surface area contributed by atoms with Crippen molar-refractivity contribution in [2.24, 2.45) is 0 Å². The van der Waals surface area contributed by atoms with Crippen LogP contribution in [0, 0.1) is 0 Å². The fourth-order valence-corrected chi connectivity index (χ4v) is 3.30. The molecule has 0 aliphatic rings. The quantitative estimate of drug-likeness (QED) is 0.104. The number of hydrogen-bond donors (Lipinski definition) is 0. The van der Waals surface area contributed by atoms with Gasteiger partial charge in [-0.1, -0.05) is 57.6 Å². The van der Waals surface area contributed by atoms with Gasteiger partial charge < -0.3 is 23.8 Å². The van der Waals surface area contributed by atoms with Gasteiger partial charge in [0.1, 0.15) is 6.61 Å². The smallest absolute Gasteiger partial charge is 0.306 e. The van der Waals surface area contributed by atoms with Crippen LogP contribution in [0.5, 0.6) is 0 Å². The molecule has 0 radical (unpaired) electrons. The van der Waals surface area contributed by atoms with Gasteiger partial charge in [-0.15, -0.1) is 0 Å². The third kappa shape index (κ3) is 22.4. The maximum Gasteiger partial charge on any atom is 0.306 e. The van der Waals surface area contributed by atoms with Crippen LogP contribution in [0.15, 0.2) is 12.2 Å². The molecule has 0 saturated heterocycles. The Balaban J connectivity index is 3.58. The highest BCUT2D eigenvalue weighted by atomic mass is 16.5. The molecule has 0 spiro atoms. The second-order valence-electron chi connectivity index (χ2n) is 8.97. The predicted octanol–water partition coefficient (Wildman–Crippen LogP) is 5.31. The lowest BCUT2D eigenvalue weighted by atomic mass is 10.1. The summed E-state index contributed by atoms with van der Waals surface area (Å²) in [6, 6.07) is 0.169. The van der Waals surface area contributed by atoms with Crippen LogP contribution in [-0.4, -0.2) is 77.1 Å². The van der Waals surface area contributed by atoms with Crippen LogP contribution in [0.2, 0.25) is 0 Å². The number of nitrogens with zero attached hydrogens (tertiary/aromatic N) is 1. The number of allylic oxidation sites excluding steroid dienone is 1. The zero-order valence-corrected chi connectivity index (χ0v) is 22.4. The van der Waals surface area contributed by atoms with Crippen LogP contribution >= 0.6 is 0 Å². The van der Waals surface area contributed by atoms with E-state index in [2.05, 4.69) is 22.6 Å². The maximum absolute atomic E-state index is 11.8. The molecule has 34 heavy (non-hydrogen) atoms. The highest BCUT2D eigenvalue weighted by Crippen LogP contribution is 2.07. The van der Waals surface area contributed by atoms with Crippen molar-refractivity contribution >= 4 is 11.9 Å². The van der Waals surface area contributed by atoms with Crippen molar-refractivity contribution < 1.29 is 28.5 Å². The van der Waals surface area contributed by atoms with E-state index in [9.17, 15) is 9.59 Å². The van der Waals surface area contributed by atoms with Gasteiger partial charge >= 0.3 is 11.9 Å². The molecular weight excluding hydrogens is 434 g/mol. The molecule has 1 unspecified atom stereocenters. The zero-order valence-electron chi connectivity index (χ0n) is 22.4.